The Balaban J connectivity index is 1.91. The van der Waals surface area contributed by atoms with Gasteiger partial charge in [-0.05, 0) is 30.5 Å². The predicted octanol–water partition coefficient (Wildman–Crippen LogP) is 2.96. The molecule has 1 aliphatic rings. The highest BCUT2D eigenvalue weighted by Crippen LogP contribution is 2.28. The molecule has 0 atom stereocenters. The Hall–Kier alpha value is -1.71. The molecule has 4 nitrogen and oxygen atoms in total. The average Bonchev–Trinajstić information content (AvgIpc) is 2.84. The average molecular weight is 248 g/mol. The van der Waals surface area contributed by atoms with Crippen LogP contribution in [-0.2, 0) is 0 Å². The lowest BCUT2D eigenvalue weighted by Gasteiger charge is -2.13. The molecule has 0 spiro atoms. The molecule has 1 fully saturated rings. The minimum atomic E-state index is -0.922. The zero-order valence-corrected chi connectivity index (χ0v) is 10.5. The Morgan fingerprint density at radius 1 is 1.39 bits per heavy atom. The van der Waals surface area contributed by atoms with Gasteiger partial charge in [-0.2, -0.15) is 0 Å². The number of nitrogens with one attached hydrogen (secondary N) is 1. The molecule has 4 N–H and O–H groups in total. The number of carboxylic acid groups (broad SMARTS) is 1. The van der Waals surface area contributed by atoms with Gasteiger partial charge in [-0.1, -0.05) is 25.7 Å². The normalized spacial score (nSPS) is 15.8. The maximum absolute atomic E-state index is 10.9. The van der Waals surface area contributed by atoms with Gasteiger partial charge >= 0.3 is 5.97 Å². The first-order chi connectivity index (χ1) is 8.66. The summed E-state index contributed by atoms with van der Waals surface area (Å²) >= 11 is 0. The van der Waals surface area contributed by atoms with E-state index in [0.717, 1.165) is 24.6 Å². The Kier molecular flexibility index (Phi) is 4.07. The van der Waals surface area contributed by atoms with Crippen molar-refractivity contribution >= 4 is 17.3 Å². The van der Waals surface area contributed by atoms with Gasteiger partial charge in [0.25, 0.3) is 0 Å². The molecule has 1 saturated carbocycles. The molecule has 0 bridgehead atoms. The Morgan fingerprint density at radius 2 is 2.11 bits per heavy atom. The van der Waals surface area contributed by atoms with Crippen LogP contribution < -0.4 is 11.1 Å². The van der Waals surface area contributed by atoms with E-state index in [1.165, 1.54) is 31.7 Å². The van der Waals surface area contributed by atoms with E-state index in [1.54, 1.807) is 12.1 Å². The van der Waals surface area contributed by atoms with Gasteiger partial charge in [0.1, 0.15) is 0 Å². The van der Waals surface area contributed by atoms with Crippen molar-refractivity contribution in [1.82, 2.24) is 0 Å². The topological polar surface area (TPSA) is 75.4 Å². The smallest absolute Gasteiger partial charge is 0.335 e. The molecule has 0 radical (unpaired) electrons. The minimum Gasteiger partial charge on any atom is -0.478 e. The highest BCUT2D eigenvalue weighted by molar-refractivity contribution is 5.90. The number of nitrogen functional groups attached to an aromatic ring is 1. The van der Waals surface area contributed by atoms with Crippen LogP contribution in [0, 0.1) is 5.92 Å². The van der Waals surface area contributed by atoms with Gasteiger partial charge < -0.3 is 16.2 Å². The number of nitrogens with two attached hydrogens (primary N) is 1. The van der Waals surface area contributed by atoms with Crippen LogP contribution in [0.4, 0.5) is 11.4 Å². The van der Waals surface area contributed by atoms with E-state index in [-0.39, 0.29) is 5.56 Å². The molecule has 0 aliphatic heterocycles. The molecule has 1 aliphatic carbocycles. The molecule has 1 aromatic carbocycles. The van der Waals surface area contributed by atoms with Crippen LogP contribution in [0.2, 0.25) is 0 Å². The zero-order chi connectivity index (χ0) is 13.0. The third-order valence-electron chi connectivity index (χ3n) is 3.64. The Labute approximate surface area is 107 Å². The summed E-state index contributed by atoms with van der Waals surface area (Å²) in [6, 6.07) is 4.77. The van der Waals surface area contributed by atoms with E-state index in [0.29, 0.717) is 5.69 Å². The molecule has 0 heterocycles. The summed E-state index contributed by atoms with van der Waals surface area (Å²) in [6.07, 6.45) is 6.48. The number of carboxylic acids is 1. The van der Waals surface area contributed by atoms with Gasteiger partial charge in [0.15, 0.2) is 0 Å². The molecule has 0 amide bonds. The summed E-state index contributed by atoms with van der Waals surface area (Å²) in [7, 11) is 0. The fourth-order valence-corrected chi connectivity index (χ4v) is 2.55. The number of aromatic carboxylic acids is 1. The van der Waals surface area contributed by atoms with Crippen molar-refractivity contribution in [3.05, 3.63) is 23.8 Å². The third-order valence-corrected chi connectivity index (χ3v) is 3.64. The summed E-state index contributed by atoms with van der Waals surface area (Å²) in [5.41, 5.74) is 7.43. The van der Waals surface area contributed by atoms with E-state index >= 15 is 0 Å². The Bertz CT molecular complexity index is 426. The zero-order valence-electron chi connectivity index (χ0n) is 10.5. The minimum absolute atomic E-state index is 0.271. The van der Waals surface area contributed by atoms with E-state index in [2.05, 4.69) is 5.32 Å². The van der Waals surface area contributed by atoms with Crippen molar-refractivity contribution in [3.8, 4) is 0 Å². The Morgan fingerprint density at radius 3 is 2.78 bits per heavy atom. The summed E-state index contributed by atoms with van der Waals surface area (Å²) < 4.78 is 0. The molecule has 1 aromatic rings. The van der Waals surface area contributed by atoms with E-state index in [9.17, 15) is 4.79 Å². The first-order valence-corrected chi connectivity index (χ1v) is 6.53. The molecule has 0 saturated heterocycles. The van der Waals surface area contributed by atoms with Crippen molar-refractivity contribution in [2.24, 2.45) is 5.92 Å². The lowest BCUT2D eigenvalue weighted by Crippen LogP contribution is -2.09. The monoisotopic (exact) mass is 248 g/mol. The summed E-state index contributed by atoms with van der Waals surface area (Å²) in [4.78, 5) is 10.9. The van der Waals surface area contributed by atoms with Gasteiger partial charge in [-0.25, -0.2) is 4.79 Å². The molecular formula is C14H20N2O2. The predicted molar refractivity (Wildman–Crippen MR) is 72.9 cm³/mol. The second-order valence-corrected chi connectivity index (χ2v) is 4.97. The van der Waals surface area contributed by atoms with Crippen molar-refractivity contribution in [1.29, 1.82) is 0 Å². The van der Waals surface area contributed by atoms with Gasteiger partial charge in [-0.3, -0.25) is 0 Å². The standard InChI is InChI=1S/C14H20N2O2/c15-12-6-5-11(14(17)18)9-13(12)16-8-7-10-3-1-2-4-10/h5-6,9-10,16H,1-4,7-8,15H2,(H,17,18). The van der Waals surface area contributed by atoms with Crippen LogP contribution in [0.5, 0.6) is 0 Å². The molecule has 0 aromatic heterocycles. The van der Waals surface area contributed by atoms with Crippen molar-refractivity contribution < 1.29 is 9.90 Å². The van der Waals surface area contributed by atoms with Crippen LogP contribution in [0.15, 0.2) is 18.2 Å². The molecule has 0 unspecified atom stereocenters. The number of anilines is 2. The first kappa shape index (κ1) is 12.7. The van der Waals surface area contributed by atoms with E-state index < -0.39 is 5.97 Å². The highest BCUT2D eigenvalue weighted by Gasteiger charge is 2.14. The van der Waals surface area contributed by atoms with Crippen LogP contribution >= 0.6 is 0 Å². The highest BCUT2D eigenvalue weighted by atomic mass is 16.4. The SMILES string of the molecule is Nc1ccc(C(=O)O)cc1NCCC1CCCC1. The van der Waals surface area contributed by atoms with Gasteiger partial charge in [0.05, 0.1) is 16.9 Å². The first-order valence-electron chi connectivity index (χ1n) is 6.53. The summed E-state index contributed by atoms with van der Waals surface area (Å²) in [5.74, 6) is -0.102. The van der Waals surface area contributed by atoms with E-state index in [4.69, 9.17) is 10.8 Å². The molecule has 98 valence electrons. The van der Waals surface area contributed by atoms with E-state index in [1.807, 2.05) is 0 Å². The van der Waals surface area contributed by atoms with Crippen molar-refractivity contribution in [2.45, 2.75) is 32.1 Å². The van der Waals surface area contributed by atoms with Crippen molar-refractivity contribution in [2.75, 3.05) is 17.6 Å². The summed E-state index contributed by atoms with van der Waals surface area (Å²) in [6.45, 7) is 0.859. The quantitative estimate of drug-likeness (QED) is 0.700. The van der Waals surface area contributed by atoms with Crippen LogP contribution in [0.3, 0.4) is 0 Å². The largest absolute Gasteiger partial charge is 0.478 e. The van der Waals surface area contributed by atoms with Crippen LogP contribution in [0.25, 0.3) is 0 Å². The molecule has 2 rings (SSSR count). The number of rotatable bonds is 5. The van der Waals surface area contributed by atoms with Crippen molar-refractivity contribution in [3.63, 3.8) is 0 Å². The number of hydrogen-bond acceptors (Lipinski definition) is 3. The lowest BCUT2D eigenvalue weighted by atomic mass is 10.0. The van der Waals surface area contributed by atoms with Crippen LogP contribution in [-0.4, -0.2) is 17.6 Å². The summed E-state index contributed by atoms with van der Waals surface area (Å²) in [5, 5.41) is 12.2. The number of carbonyl (C=O) groups is 1. The van der Waals surface area contributed by atoms with Gasteiger partial charge in [0, 0.05) is 6.54 Å². The third kappa shape index (κ3) is 3.15. The maximum atomic E-state index is 10.9. The molecule has 4 heteroatoms. The van der Waals surface area contributed by atoms with Gasteiger partial charge in [0.2, 0.25) is 0 Å². The number of hydrogen-bond donors (Lipinski definition) is 3. The fourth-order valence-electron chi connectivity index (χ4n) is 2.55. The fraction of sp³-hybridized carbons (Fsp3) is 0.500. The number of benzene rings is 1. The van der Waals surface area contributed by atoms with Gasteiger partial charge in [-0.15, -0.1) is 0 Å². The van der Waals surface area contributed by atoms with Crippen LogP contribution in [0.1, 0.15) is 42.5 Å². The second-order valence-electron chi connectivity index (χ2n) is 4.97. The molecule has 18 heavy (non-hydrogen) atoms. The lowest BCUT2D eigenvalue weighted by molar-refractivity contribution is 0.0697. The molecular weight excluding hydrogens is 228 g/mol. The second kappa shape index (κ2) is 5.76. The maximum Gasteiger partial charge on any atom is 0.335 e.